The van der Waals surface area contributed by atoms with E-state index < -0.39 is 5.97 Å². The Morgan fingerprint density at radius 2 is 1.81 bits per heavy atom. The maximum Gasteiger partial charge on any atom is 0.306 e. The Morgan fingerprint density at radius 3 is 2.36 bits per heavy atom. The number of carboxylic acid groups (broad SMARTS) is 1. The molecule has 2 aromatic carbocycles. The van der Waals surface area contributed by atoms with Crippen LogP contribution in [0.1, 0.15) is 61.1 Å². The van der Waals surface area contributed by atoms with Crippen LogP contribution in [0.5, 0.6) is 0 Å². The average molecular weight is 484 g/mol. The first-order chi connectivity index (χ1) is 17.3. The first-order valence-electron chi connectivity index (χ1n) is 12.9. The van der Waals surface area contributed by atoms with Crippen LogP contribution >= 0.6 is 0 Å². The molecule has 2 aliphatic carbocycles. The summed E-state index contributed by atoms with van der Waals surface area (Å²) in [5.74, 6) is 0.322. The third kappa shape index (κ3) is 4.51. The number of rotatable bonds is 7. The molecule has 0 unspecified atom stereocenters. The highest BCUT2D eigenvalue weighted by atomic mass is 16.5. The number of benzene rings is 2. The Bertz CT molecular complexity index is 1290. The predicted molar refractivity (Wildman–Crippen MR) is 139 cm³/mol. The molecule has 0 aliphatic heterocycles. The smallest absolute Gasteiger partial charge is 0.306 e. The van der Waals surface area contributed by atoms with Gasteiger partial charge in [-0.25, -0.2) is 0 Å². The SMILES string of the molecule is Cc1ccc(-c2c(C)noc2C)cc1N(CC1CCC(C(=O)O)CC1)c1ccc(C2(C#N)CC2)cc1. The van der Waals surface area contributed by atoms with E-state index in [1.807, 2.05) is 13.8 Å². The Labute approximate surface area is 212 Å². The van der Waals surface area contributed by atoms with Crippen molar-refractivity contribution in [3.63, 3.8) is 0 Å². The van der Waals surface area contributed by atoms with E-state index in [0.717, 1.165) is 84.6 Å². The van der Waals surface area contributed by atoms with E-state index in [4.69, 9.17) is 4.52 Å². The second-order valence-corrected chi connectivity index (χ2v) is 10.6. The number of aryl methyl sites for hydroxylation is 3. The van der Waals surface area contributed by atoms with Gasteiger partial charge in [0.15, 0.2) is 0 Å². The van der Waals surface area contributed by atoms with Crippen LogP contribution in [0.15, 0.2) is 47.0 Å². The van der Waals surface area contributed by atoms with Gasteiger partial charge >= 0.3 is 5.97 Å². The zero-order valence-corrected chi connectivity index (χ0v) is 21.3. The van der Waals surface area contributed by atoms with Gasteiger partial charge in [-0.15, -0.1) is 0 Å². The Balaban J connectivity index is 1.50. The molecule has 1 heterocycles. The first-order valence-corrected chi connectivity index (χ1v) is 12.9. The number of hydrogen-bond acceptors (Lipinski definition) is 5. The van der Waals surface area contributed by atoms with Gasteiger partial charge in [0.05, 0.1) is 23.1 Å². The van der Waals surface area contributed by atoms with Gasteiger partial charge in [-0.3, -0.25) is 4.79 Å². The fourth-order valence-electron chi connectivity index (χ4n) is 5.69. The van der Waals surface area contributed by atoms with Crippen molar-refractivity contribution in [2.75, 3.05) is 11.4 Å². The number of aromatic nitrogens is 1. The highest BCUT2D eigenvalue weighted by Gasteiger charge is 2.44. The normalized spacial score (nSPS) is 20.5. The molecule has 5 rings (SSSR count). The van der Waals surface area contributed by atoms with Crippen LogP contribution in [-0.2, 0) is 10.2 Å². The molecule has 1 N–H and O–H groups in total. The fraction of sp³-hybridized carbons (Fsp3) is 0.433. The molecule has 0 saturated heterocycles. The number of aliphatic carboxylic acids is 1. The van der Waals surface area contributed by atoms with Crippen molar-refractivity contribution in [3.05, 3.63) is 65.0 Å². The number of carboxylic acids is 1. The Hall–Kier alpha value is -3.59. The van der Waals surface area contributed by atoms with Crippen LogP contribution in [0, 0.1) is 43.9 Å². The number of anilines is 2. The minimum absolute atomic E-state index is 0.223. The van der Waals surface area contributed by atoms with Crippen LogP contribution in [0.2, 0.25) is 0 Å². The number of nitriles is 1. The Morgan fingerprint density at radius 1 is 1.11 bits per heavy atom. The molecule has 0 bridgehead atoms. The standard InChI is InChI=1S/C30H33N3O3/c1-19-4-7-24(28-20(2)32-36-21(28)3)16-27(19)33(17-22-5-8-23(9-6-22)29(34)35)26-12-10-25(11-13-26)30(18-31)14-15-30/h4,7,10-13,16,22-23H,5-6,8-9,14-15,17H2,1-3H3,(H,34,35). The predicted octanol–water partition coefficient (Wildman–Crippen LogP) is 6.85. The van der Waals surface area contributed by atoms with Gasteiger partial charge in [-0.2, -0.15) is 5.26 Å². The number of nitrogens with zero attached hydrogens (tertiary/aromatic N) is 3. The average Bonchev–Trinajstić information content (AvgIpc) is 3.62. The van der Waals surface area contributed by atoms with E-state index in [-0.39, 0.29) is 11.3 Å². The lowest BCUT2D eigenvalue weighted by atomic mass is 9.81. The van der Waals surface area contributed by atoms with E-state index >= 15 is 0 Å². The lowest BCUT2D eigenvalue weighted by molar-refractivity contribution is -0.143. The number of hydrogen-bond donors (Lipinski definition) is 1. The third-order valence-corrected chi connectivity index (χ3v) is 8.15. The summed E-state index contributed by atoms with van der Waals surface area (Å²) in [4.78, 5) is 13.8. The fourth-order valence-corrected chi connectivity index (χ4v) is 5.69. The molecule has 0 amide bonds. The van der Waals surface area contributed by atoms with Gasteiger partial charge in [-0.1, -0.05) is 29.4 Å². The van der Waals surface area contributed by atoms with Crippen molar-refractivity contribution >= 4 is 17.3 Å². The van der Waals surface area contributed by atoms with E-state index in [1.165, 1.54) is 5.56 Å². The Kier molecular flexibility index (Phi) is 6.34. The van der Waals surface area contributed by atoms with E-state index in [9.17, 15) is 15.2 Å². The van der Waals surface area contributed by atoms with E-state index in [1.54, 1.807) is 0 Å². The lowest BCUT2D eigenvalue weighted by Gasteiger charge is -2.34. The van der Waals surface area contributed by atoms with Crippen LogP contribution in [0.3, 0.4) is 0 Å². The minimum Gasteiger partial charge on any atom is -0.481 e. The highest BCUT2D eigenvalue weighted by molar-refractivity contribution is 5.76. The summed E-state index contributed by atoms with van der Waals surface area (Å²) in [6.07, 6.45) is 5.14. The van der Waals surface area contributed by atoms with Gasteiger partial charge < -0.3 is 14.5 Å². The molecule has 2 fully saturated rings. The molecule has 1 aromatic heterocycles. The second-order valence-electron chi connectivity index (χ2n) is 10.6. The minimum atomic E-state index is -0.671. The summed E-state index contributed by atoms with van der Waals surface area (Å²) in [5, 5.41) is 23.2. The molecule has 0 atom stereocenters. The van der Waals surface area contributed by atoms with Crippen molar-refractivity contribution in [1.29, 1.82) is 5.26 Å². The van der Waals surface area contributed by atoms with Gasteiger partial charge in [-0.05, 0) is 100 Å². The summed E-state index contributed by atoms with van der Waals surface area (Å²) in [6, 6.07) is 17.5. The summed E-state index contributed by atoms with van der Waals surface area (Å²) in [7, 11) is 0. The van der Waals surface area contributed by atoms with Crippen LogP contribution in [-0.4, -0.2) is 22.8 Å². The highest BCUT2D eigenvalue weighted by Crippen LogP contribution is 2.48. The zero-order valence-electron chi connectivity index (χ0n) is 21.3. The molecule has 2 aliphatic rings. The summed E-state index contributed by atoms with van der Waals surface area (Å²) in [5.41, 5.74) is 7.15. The second kappa shape index (κ2) is 9.46. The van der Waals surface area contributed by atoms with Gasteiger partial charge in [0.1, 0.15) is 5.76 Å². The van der Waals surface area contributed by atoms with Crippen LogP contribution in [0.25, 0.3) is 11.1 Å². The van der Waals surface area contributed by atoms with Crippen molar-refractivity contribution in [2.45, 2.75) is 64.7 Å². The molecule has 36 heavy (non-hydrogen) atoms. The van der Waals surface area contributed by atoms with Crippen molar-refractivity contribution in [1.82, 2.24) is 5.16 Å². The zero-order chi connectivity index (χ0) is 25.4. The lowest BCUT2D eigenvalue weighted by Crippen LogP contribution is -2.30. The van der Waals surface area contributed by atoms with Crippen LogP contribution < -0.4 is 4.90 Å². The topological polar surface area (TPSA) is 90.4 Å². The van der Waals surface area contributed by atoms with Crippen molar-refractivity contribution in [2.24, 2.45) is 11.8 Å². The molecule has 0 spiro atoms. The van der Waals surface area contributed by atoms with Crippen molar-refractivity contribution < 1.29 is 14.4 Å². The van der Waals surface area contributed by atoms with E-state index in [2.05, 4.69) is 65.5 Å². The molecule has 6 nitrogen and oxygen atoms in total. The molecular formula is C30H33N3O3. The van der Waals surface area contributed by atoms with Crippen LogP contribution in [0.4, 0.5) is 11.4 Å². The molecule has 2 saturated carbocycles. The quantitative estimate of drug-likeness (QED) is 0.395. The molecule has 186 valence electrons. The summed E-state index contributed by atoms with van der Waals surface area (Å²) < 4.78 is 5.44. The maximum absolute atomic E-state index is 11.5. The van der Waals surface area contributed by atoms with Gasteiger partial charge in [0.2, 0.25) is 0 Å². The summed E-state index contributed by atoms with van der Waals surface area (Å²) >= 11 is 0. The van der Waals surface area contributed by atoms with Gasteiger partial charge in [0, 0.05) is 23.5 Å². The molecular weight excluding hydrogens is 450 g/mol. The maximum atomic E-state index is 11.5. The van der Waals surface area contributed by atoms with Crippen molar-refractivity contribution in [3.8, 4) is 17.2 Å². The first kappa shape index (κ1) is 24.1. The molecule has 0 radical (unpaired) electrons. The molecule has 3 aromatic rings. The van der Waals surface area contributed by atoms with E-state index in [0.29, 0.717) is 5.92 Å². The third-order valence-electron chi connectivity index (χ3n) is 8.15. The molecule has 6 heteroatoms. The van der Waals surface area contributed by atoms with Gasteiger partial charge in [0.25, 0.3) is 0 Å². The monoisotopic (exact) mass is 483 g/mol. The largest absolute Gasteiger partial charge is 0.481 e. The summed E-state index contributed by atoms with van der Waals surface area (Å²) in [6.45, 7) is 6.85. The number of carbonyl (C=O) groups is 1.